The van der Waals surface area contributed by atoms with Gasteiger partial charge in [-0.25, -0.2) is 0 Å². The zero-order valence-corrected chi connectivity index (χ0v) is 8.58. The molecule has 3 heteroatoms. The Morgan fingerprint density at radius 3 is 2.53 bits per heavy atom. The van der Waals surface area contributed by atoms with Gasteiger partial charge in [-0.05, 0) is 24.3 Å². The van der Waals surface area contributed by atoms with E-state index in [2.05, 4.69) is 12.1 Å². The second-order valence-corrected chi connectivity index (χ2v) is 4.08. The van der Waals surface area contributed by atoms with Crippen molar-refractivity contribution in [3.63, 3.8) is 0 Å². The summed E-state index contributed by atoms with van der Waals surface area (Å²) >= 11 is 0. The maximum Gasteiger partial charge on any atom is 0.458 e. The van der Waals surface area contributed by atoms with E-state index in [1.165, 1.54) is 5.56 Å². The molecule has 1 aromatic carbocycles. The fraction of sp³-hybridized carbons (Fsp3) is 0.333. The van der Waals surface area contributed by atoms with Gasteiger partial charge >= 0.3 is 7.12 Å². The van der Waals surface area contributed by atoms with Gasteiger partial charge in [-0.3, -0.25) is 0 Å². The first-order valence-electron chi connectivity index (χ1n) is 5.35. The molecule has 0 heterocycles. The van der Waals surface area contributed by atoms with Crippen LogP contribution >= 0.6 is 0 Å². The summed E-state index contributed by atoms with van der Waals surface area (Å²) in [6, 6.07) is 10.3. The SMILES string of the molecule is OB(O)[C@@H]1C=CC[C@H](c2ccccc2)C1. The summed E-state index contributed by atoms with van der Waals surface area (Å²) in [5, 5.41) is 18.3. The molecule has 0 spiro atoms. The van der Waals surface area contributed by atoms with Crippen molar-refractivity contribution in [2.75, 3.05) is 0 Å². The molecule has 2 rings (SSSR count). The highest BCUT2D eigenvalue weighted by atomic mass is 16.4. The predicted octanol–water partition coefficient (Wildman–Crippen LogP) is 1.96. The molecule has 1 aliphatic carbocycles. The maximum absolute atomic E-state index is 9.15. The molecule has 0 saturated heterocycles. The van der Waals surface area contributed by atoms with Gasteiger partial charge in [0.2, 0.25) is 0 Å². The van der Waals surface area contributed by atoms with Gasteiger partial charge in [-0.1, -0.05) is 42.5 Å². The molecule has 78 valence electrons. The van der Waals surface area contributed by atoms with Crippen molar-refractivity contribution >= 4 is 7.12 Å². The van der Waals surface area contributed by atoms with Gasteiger partial charge in [0, 0.05) is 5.82 Å². The molecule has 0 aliphatic heterocycles. The first kappa shape index (κ1) is 10.5. The van der Waals surface area contributed by atoms with E-state index in [-0.39, 0.29) is 5.82 Å². The average Bonchev–Trinajstić information content (AvgIpc) is 2.30. The van der Waals surface area contributed by atoms with Gasteiger partial charge in [0.25, 0.3) is 0 Å². The van der Waals surface area contributed by atoms with E-state index in [0.717, 1.165) is 12.8 Å². The summed E-state index contributed by atoms with van der Waals surface area (Å²) in [6.07, 6.45) is 5.76. The van der Waals surface area contributed by atoms with Crippen molar-refractivity contribution in [1.82, 2.24) is 0 Å². The largest absolute Gasteiger partial charge is 0.458 e. The highest BCUT2D eigenvalue weighted by Gasteiger charge is 2.27. The van der Waals surface area contributed by atoms with Gasteiger partial charge in [0.1, 0.15) is 0 Å². The Balaban J connectivity index is 2.10. The third-order valence-corrected chi connectivity index (χ3v) is 3.01. The first-order chi connectivity index (χ1) is 7.27. The highest BCUT2D eigenvalue weighted by Crippen LogP contribution is 2.35. The van der Waals surface area contributed by atoms with E-state index >= 15 is 0 Å². The summed E-state index contributed by atoms with van der Waals surface area (Å²) in [5.41, 5.74) is 1.28. The van der Waals surface area contributed by atoms with Crippen molar-refractivity contribution in [1.29, 1.82) is 0 Å². The zero-order chi connectivity index (χ0) is 10.7. The van der Waals surface area contributed by atoms with Crippen molar-refractivity contribution < 1.29 is 10.0 Å². The molecule has 1 aromatic rings. The zero-order valence-electron chi connectivity index (χ0n) is 8.58. The minimum atomic E-state index is -1.23. The fourth-order valence-electron chi connectivity index (χ4n) is 2.14. The highest BCUT2D eigenvalue weighted by molar-refractivity contribution is 6.43. The summed E-state index contributed by atoms with van der Waals surface area (Å²) in [5.74, 6) is 0.298. The van der Waals surface area contributed by atoms with Crippen LogP contribution in [0, 0.1) is 0 Å². The van der Waals surface area contributed by atoms with Gasteiger partial charge < -0.3 is 10.0 Å². The molecule has 2 atom stereocenters. The number of benzene rings is 1. The van der Waals surface area contributed by atoms with Crippen molar-refractivity contribution in [3.05, 3.63) is 48.0 Å². The van der Waals surface area contributed by atoms with E-state index in [1.54, 1.807) is 0 Å². The molecule has 0 saturated carbocycles. The lowest BCUT2D eigenvalue weighted by Crippen LogP contribution is -2.22. The third-order valence-electron chi connectivity index (χ3n) is 3.01. The lowest BCUT2D eigenvalue weighted by molar-refractivity contribution is 0.382. The standard InChI is InChI=1S/C12H15BO2/c14-13(15)12-8-4-7-11(9-12)10-5-2-1-3-6-10/h1-6,8,11-12,14-15H,7,9H2/t11-,12+/m0/s1. The quantitative estimate of drug-likeness (QED) is 0.568. The lowest BCUT2D eigenvalue weighted by atomic mass is 9.65. The van der Waals surface area contributed by atoms with Crippen LogP contribution in [0.3, 0.4) is 0 Å². The molecule has 1 aliphatic rings. The maximum atomic E-state index is 9.15. The predicted molar refractivity (Wildman–Crippen MR) is 61.5 cm³/mol. The van der Waals surface area contributed by atoms with Gasteiger partial charge in [-0.15, -0.1) is 0 Å². The normalized spacial score (nSPS) is 25.2. The van der Waals surface area contributed by atoms with Crippen LogP contribution in [0.2, 0.25) is 5.82 Å². The number of allylic oxidation sites excluding steroid dienone is 2. The van der Waals surface area contributed by atoms with E-state index in [9.17, 15) is 0 Å². The Morgan fingerprint density at radius 1 is 1.13 bits per heavy atom. The lowest BCUT2D eigenvalue weighted by Gasteiger charge is -2.24. The minimum Gasteiger partial charge on any atom is -0.427 e. The van der Waals surface area contributed by atoms with Crippen molar-refractivity contribution in [2.45, 2.75) is 24.6 Å². The van der Waals surface area contributed by atoms with Crippen molar-refractivity contribution in [2.24, 2.45) is 0 Å². The average molecular weight is 202 g/mol. The number of rotatable bonds is 2. The van der Waals surface area contributed by atoms with E-state index in [1.807, 2.05) is 30.4 Å². The summed E-state index contributed by atoms with van der Waals surface area (Å²) in [6.45, 7) is 0. The Bertz CT molecular complexity index is 335. The number of hydrogen-bond donors (Lipinski definition) is 2. The monoisotopic (exact) mass is 202 g/mol. The molecule has 0 bridgehead atoms. The molecule has 0 unspecified atom stereocenters. The van der Waals surface area contributed by atoms with Gasteiger partial charge in [0.15, 0.2) is 0 Å². The second kappa shape index (κ2) is 4.64. The van der Waals surface area contributed by atoms with E-state index in [0.29, 0.717) is 5.92 Å². The molecule has 0 fully saturated rings. The van der Waals surface area contributed by atoms with Crippen LogP contribution in [-0.4, -0.2) is 17.2 Å². The van der Waals surface area contributed by atoms with Crippen LogP contribution in [0.1, 0.15) is 24.3 Å². The fourth-order valence-corrected chi connectivity index (χ4v) is 2.14. The Hall–Kier alpha value is -1.06. The Kier molecular flexibility index (Phi) is 3.24. The van der Waals surface area contributed by atoms with Gasteiger partial charge in [-0.2, -0.15) is 0 Å². The Labute approximate surface area is 90.4 Å². The third kappa shape index (κ3) is 2.49. The molecular formula is C12H15BO2. The van der Waals surface area contributed by atoms with Crippen LogP contribution in [0.4, 0.5) is 0 Å². The number of hydrogen-bond acceptors (Lipinski definition) is 2. The van der Waals surface area contributed by atoms with Crippen molar-refractivity contribution in [3.8, 4) is 0 Å². The van der Waals surface area contributed by atoms with Crippen LogP contribution in [-0.2, 0) is 0 Å². The van der Waals surface area contributed by atoms with Crippen LogP contribution in [0.5, 0.6) is 0 Å². The molecular weight excluding hydrogens is 187 g/mol. The molecule has 15 heavy (non-hydrogen) atoms. The molecule has 0 amide bonds. The molecule has 2 N–H and O–H groups in total. The van der Waals surface area contributed by atoms with Gasteiger partial charge in [0.05, 0.1) is 0 Å². The summed E-state index contributed by atoms with van der Waals surface area (Å²) in [4.78, 5) is 0. The topological polar surface area (TPSA) is 40.5 Å². The smallest absolute Gasteiger partial charge is 0.427 e. The minimum absolute atomic E-state index is 0.121. The molecule has 2 nitrogen and oxygen atoms in total. The van der Waals surface area contributed by atoms with E-state index < -0.39 is 7.12 Å². The van der Waals surface area contributed by atoms with Crippen LogP contribution in [0.25, 0.3) is 0 Å². The molecule has 0 aromatic heterocycles. The summed E-state index contributed by atoms with van der Waals surface area (Å²) < 4.78 is 0. The first-order valence-corrected chi connectivity index (χ1v) is 5.35. The van der Waals surface area contributed by atoms with Crippen LogP contribution in [0.15, 0.2) is 42.5 Å². The molecule has 0 radical (unpaired) electrons. The Morgan fingerprint density at radius 2 is 1.87 bits per heavy atom. The second-order valence-electron chi connectivity index (χ2n) is 4.08. The van der Waals surface area contributed by atoms with E-state index in [4.69, 9.17) is 10.0 Å². The van der Waals surface area contributed by atoms with Crippen LogP contribution < -0.4 is 0 Å². The summed E-state index contributed by atoms with van der Waals surface area (Å²) in [7, 11) is -1.23.